The average molecular weight is 292 g/mol. The molecule has 0 aliphatic carbocycles. The number of rotatable bonds is 3. The molecule has 2 aromatic rings. The van der Waals surface area contributed by atoms with E-state index in [0.717, 1.165) is 37.0 Å². The molecule has 5 heteroatoms. The van der Waals surface area contributed by atoms with Gasteiger partial charge in [0.25, 0.3) is 5.91 Å². The van der Waals surface area contributed by atoms with Crippen molar-refractivity contribution in [1.82, 2.24) is 15.2 Å². The van der Waals surface area contributed by atoms with Crippen molar-refractivity contribution in [1.29, 1.82) is 0 Å². The molecule has 3 rings (SSSR count). The quantitative estimate of drug-likeness (QED) is 0.913. The van der Waals surface area contributed by atoms with Crippen LogP contribution in [0.3, 0.4) is 0 Å². The molecule has 2 N–H and O–H groups in total. The zero-order valence-electron chi connectivity index (χ0n) is 11.4. The normalized spacial score (nSPS) is 18.6. The molecule has 1 amide bonds. The molecule has 1 fully saturated rings. The van der Waals surface area contributed by atoms with E-state index in [1.54, 1.807) is 0 Å². The predicted octanol–water partition coefficient (Wildman–Crippen LogP) is 2.65. The van der Waals surface area contributed by atoms with Crippen molar-refractivity contribution in [3.05, 3.63) is 35.0 Å². The Morgan fingerprint density at radius 1 is 1.45 bits per heavy atom. The largest absolute Gasteiger partial charge is 0.350 e. The van der Waals surface area contributed by atoms with Crippen LogP contribution >= 0.6 is 11.6 Å². The maximum absolute atomic E-state index is 12.7. The fourth-order valence-electron chi connectivity index (χ4n) is 2.84. The Morgan fingerprint density at radius 3 is 3.00 bits per heavy atom. The Labute approximate surface area is 123 Å². The van der Waals surface area contributed by atoms with Crippen molar-refractivity contribution < 1.29 is 4.79 Å². The van der Waals surface area contributed by atoms with Gasteiger partial charge in [-0.3, -0.25) is 4.79 Å². The number of carbonyl (C=O) groups excluding carboxylic acids is 1. The monoisotopic (exact) mass is 291 g/mol. The third kappa shape index (κ3) is 2.41. The Morgan fingerprint density at radius 2 is 2.30 bits per heavy atom. The number of benzene rings is 1. The molecule has 1 saturated heterocycles. The summed E-state index contributed by atoms with van der Waals surface area (Å²) in [6, 6.07) is 7.81. The summed E-state index contributed by atoms with van der Waals surface area (Å²) < 4.78 is 0. The lowest BCUT2D eigenvalue weighted by atomic mass is 10.2. The Kier molecular flexibility index (Phi) is 3.68. The molecule has 4 nitrogen and oxygen atoms in total. The van der Waals surface area contributed by atoms with E-state index in [2.05, 4.69) is 10.3 Å². The summed E-state index contributed by atoms with van der Waals surface area (Å²) in [5, 5.41) is 4.99. The van der Waals surface area contributed by atoms with Crippen molar-refractivity contribution in [2.45, 2.75) is 19.4 Å². The minimum Gasteiger partial charge on any atom is -0.350 e. The number of halogens is 1. The first-order valence-corrected chi connectivity index (χ1v) is 7.37. The van der Waals surface area contributed by atoms with Crippen LogP contribution in [0.2, 0.25) is 5.02 Å². The first-order valence-electron chi connectivity index (χ1n) is 6.99. The number of H-pyrrole nitrogens is 1. The van der Waals surface area contributed by atoms with Crippen LogP contribution < -0.4 is 5.32 Å². The number of aromatic amines is 1. The maximum Gasteiger partial charge on any atom is 0.270 e. The van der Waals surface area contributed by atoms with Crippen molar-refractivity contribution in [2.75, 3.05) is 19.6 Å². The number of amides is 1. The molecule has 1 unspecified atom stereocenters. The summed E-state index contributed by atoms with van der Waals surface area (Å²) >= 11 is 5.98. The second kappa shape index (κ2) is 5.46. The highest BCUT2D eigenvalue weighted by Crippen LogP contribution is 2.21. The van der Waals surface area contributed by atoms with Gasteiger partial charge in [0.1, 0.15) is 5.69 Å². The Balaban J connectivity index is 1.90. The molecule has 1 aromatic heterocycles. The van der Waals surface area contributed by atoms with E-state index in [1.165, 1.54) is 0 Å². The van der Waals surface area contributed by atoms with E-state index >= 15 is 0 Å². The highest BCUT2D eigenvalue weighted by atomic mass is 35.5. The molecule has 0 saturated carbocycles. The van der Waals surface area contributed by atoms with Crippen molar-refractivity contribution in [2.24, 2.45) is 0 Å². The summed E-state index contributed by atoms with van der Waals surface area (Å²) in [4.78, 5) is 17.8. The minimum atomic E-state index is 0.0634. The highest BCUT2D eigenvalue weighted by molar-refractivity contribution is 6.31. The van der Waals surface area contributed by atoms with Crippen LogP contribution in [0.5, 0.6) is 0 Å². The van der Waals surface area contributed by atoms with Crippen LogP contribution in [0, 0.1) is 0 Å². The lowest BCUT2D eigenvalue weighted by Gasteiger charge is -2.26. The minimum absolute atomic E-state index is 0.0634. The standard InChI is InChI=1S/C15H18ClN3O/c1-2-19(12-5-6-17-9-12)15(20)14-7-10-3-4-11(16)8-13(10)18-14/h3-4,7-8,12,17-18H,2,5-6,9H2,1H3. The summed E-state index contributed by atoms with van der Waals surface area (Å²) in [6.07, 6.45) is 1.02. The molecule has 0 bridgehead atoms. The number of fused-ring (bicyclic) bond motifs is 1. The van der Waals surface area contributed by atoms with Crippen molar-refractivity contribution >= 4 is 28.4 Å². The number of carbonyl (C=O) groups is 1. The molecule has 20 heavy (non-hydrogen) atoms. The fourth-order valence-corrected chi connectivity index (χ4v) is 3.01. The van der Waals surface area contributed by atoms with Crippen LogP contribution in [-0.4, -0.2) is 41.5 Å². The third-order valence-corrected chi connectivity index (χ3v) is 4.13. The number of aromatic nitrogens is 1. The summed E-state index contributed by atoms with van der Waals surface area (Å²) in [5.41, 5.74) is 1.54. The van der Waals surface area contributed by atoms with Gasteiger partial charge in [-0.25, -0.2) is 0 Å². The van der Waals surface area contributed by atoms with E-state index in [0.29, 0.717) is 16.8 Å². The van der Waals surface area contributed by atoms with E-state index in [9.17, 15) is 4.79 Å². The van der Waals surface area contributed by atoms with Gasteiger partial charge in [-0.1, -0.05) is 17.7 Å². The molecular weight excluding hydrogens is 274 g/mol. The van der Waals surface area contributed by atoms with Crippen molar-refractivity contribution in [3.63, 3.8) is 0 Å². The third-order valence-electron chi connectivity index (χ3n) is 3.89. The molecule has 1 aliphatic rings. The predicted molar refractivity (Wildman–Crippen MR) is 81.3 cm³/mol. The van der Waals surface area contributed by atoms with E-state index in [-0.39, 0.29) is 5.91 Å². The van der Waals surface area contributed by atoms with Crippen LogP contribution in [0.4, 0.5) is 0 Å². The molecule has 0 spiro atoms. The van der Waals surface area contributed by atoms with Crippen LogP contribution in [0.1, 0.15) is 23.8 Å². The SMILES string of the molecule is CCN(C(=O)c1cc2ccc(Cl)cc2[nH]1)C1CCNC1. The van der Waals surface area contributed by atoms with Crippen LogP contribution in [0.15, 0.2) is 24.3 Å². The molecule has 1 aromatic carbocycles. The summed E-state index contributed by atoms with van der Waals surface area (Å²) in [5.74, 6) is 0.0634. The molecule has 0 radical (unpaired) electrons. The molecule has 106 valence electrons. The van der Waals surface area contributed by atoms with Gasteiger partial charge in [0, 0.05) is 35.1 Å². The Bertz CT molecular complexity index is 631. The zero-order chi connectivity index (χ0) is 14.1. The number of hydrogen-bond acceptors (Lipinski definition) is 2. The van der Waals surface area contributed by atoms with Gasteiger partial charge in [0.15, 0.2) is 0 Å². The topological polar surface area (TPSA) is 48.1 Å². The average Bonchev–Trinajstić information content (AvgIpc) is 3.07. The highest BCUT2D eigenvalue weighted by Gasteiger charge is 2.26. The van der Waals surface area contributed by atoms with E-state index in [4.69, 9.17) is 11.6 Å². The van der Waals surface area contributed by atoms with Crippen LogP contribution in [0.25, 0.3) is 10.9 Å². The first-order chi connectivity index (χ1) is 9.69. The number of likely N-dealkylation sites (N-methyl/N-ethyl adjacent to an activating group) is 1. The molecule has 1 atom stereocenters. The zero-order valence-corrected chi connectivity index (χ0v) is 12.2. The van der Waals surface area contributed by atoms with E-state index in [1.807, 2.05) is 36.1 Å². The second-order valence-electron chi connectivity index (χ2n) is 5.15. The number of nitrogens with one attached hydrogen (secondary N) is 2. The van der Waals surface area contributed by atoms with Gasteiger partial charge in [0.05, 0.1) is 0 Å². The second-order valence-corrected chi connectivity index (χ2v) is 5.59. The summed E-state index contributed by atoms with van der Waals surface area (Å²) in [6.45, 7) is 4.61. The van der Waals surface area contributed by atoms with Crippen molar-refractivity contribution in [3.8, 4) is 0 Å². The lowest BCUT2D eigenvalue weighted by Crippen LogP contribution is -2.41. The van der Waals surface area contributed by atoms with Gasteiger partial charge in [0.2, 0.25) is 0 Å². The maximum atomic E-state index is 12.7. The lowest BCUT2D eigenvalue weighted by molar-refractivity contribution is 0.0698. The molecule has 2 heterocycles. The fraction of sp³-hybridized carbons (Fsp3) is 0.400. The number of hydrogen-bond donors (Lipinski definition) is 2. The van der Waals surface area contributed by atoms with Gasteiger partial charge < -0.3 is 15.2 Å². The molecule has 1 aliphatic heterocycles. The van der Waals surface area contributed by atoms with Gasteiger partial charge in [-0.2, -0.15) is 0 Å². The smallest absolute Gasteiger partial charge is 0.270 e. The van der Waals surface area contributed by atoms with E-state index < -0.39 is 0 Å². The molecular formula is C15H18ClN3O. The van der Waals surface area contributed by atoms with Gasteiger partial charge >= 0.3 is 0 Å². The van der Waals surface area contributed by atoms with Crippen LogP contribution in [-0.2, 0) is 0 Å². The van der Waals surface area contributed by atoms with Gasteiger partial charge in [-0.05, 0) is 38.1 Å². The Hall–Kier alpha value is -1.52. The summed E-state index contributed by atoms with van der Waals surface area (Å²) in [7, 11) is 0. The van der Waals surface area contributed by atoms with Gasteiger partial charge in [-0.15, -0.1) is 0 Å². The number of nitrogens with zero attached hydrogens (tertiary/aromatic N) is 1. The first kappa shape index (κ1) is 13.5.